The summed E-state index contributed by atoms with van der Waals surface area (Å²) in [5.41, 5.74) is 5.39. The second kappa shape index (κ2) is 5.43. The second-order valence-electron chi connectivity index (χ2n) is 2.65. The van der Waals surface area contributed by atoms with Gasteiger partial charge in [-0.05, 0) is 0 Å². The van der Waals surface area contributed by atoms with Crippen LogP contribution in [0, 0.1) is 0 Å². The predicted molar refractivity (Wildman–Crippen MR) is 49.7 cm³/mol. The zero-order valence-corrected chi connectivity index (χ0v) is 8.15. The Morgan fingerprint density at radius 3 is 2.55 bits per heavy atom. The van der Waals surface area contributed by atoms with E-state index >= 15 is 0 Å². The third kappa shape index (κ3) is 5.09. The number of nitrogens with zero attached hydrogens (tertiary/aromatic N) is 1. The van der Waals surface area contributed by atoms with E-state index in [1.54, 1.807) is 30.8 Å². The lowest BCUT2D eigenvalue weighted by atomic mass is 10.5. The van der Waals surface area contributed by atoms with E-state index in [1.807, 2.05) is 6.92 Å². The minimum atomic E-state index is 0.148. The van der Waals surface area contributed by atoms with Crippen molar-refractivity contribution in [1.29, 1.82) is 0 Å². The maximum absolute atomic E-state index is 11.0. The van der Waals surface area contributed by atoms with E-state index in [1.165, 1.54) is 0 Å². The Hall–Kier alpha value is -0.220. The van der Waals surface area contributed by atoms with Crippen LogP contribution in [-0.4, -0.2) is 42.4 Å². The Bertz CT molecular complexity index is 128. The molecule has 0 fully saturated rings. The van der Waals surface area contributed by atoms with Crippen molar-refractivity contribution in [2.75, 3.05) is 26.4 Å². The van der Waals surface area contributed by atoms with E-state index in [0.29, 0.717) is 17.5 Å². The first-order chi connectivity index (χ1) is 5.07. The normalized spacial score (nSPS) is 12.7. The number of rotatable bonds is 4. The highest BCUT2D eigenvalue weighted by Gasteiger charge is 2.06. The van der Waals surface area contributed by atoms with Crippen LogP contribution >= 0.6 is 11.8 Å². The highest BCUT2D eigenvalue weighted by molar-refractivity contribution is 8.00. The van der Waals surface area contributed by atoms with E-state index in [9.17, 15) is 4.79 Å². The summed E-state index contributed by atoms with van der Waals surface area (Å²) in [6.07, 6.45) is 0. The number of amides is 1. The van der Waals surface area contributed by atoms with Crippen molar-refractivity contribution in [2.24, 2.45) is 5.73 Å². The maximum atomic E-state index is 11.0. The predicted octanol–water partition coefficient (Wildman–Crippen LogP) is 0.155. The molecule has 0 aliphatic rings. The fourth-order valence-electron chi connectivity index (χ4n) is 0.411. The number of carbonyl (C=O) groups is 1. The fraction of sp³-hybridized carbons (Fsp3) is 0.857. The summed E-state index contributed by atoms with van der Waals surface area (Å²) in [4.78, 5) is 12.6. The molecule has 4 heteroatoms. The van der Waals surface area contributed by atoms with E-state index in [2.05, 4.69) is 0 Å². The second-order valence-corrected chi connectivity index (χ2v) is 4.07. The van der Waals surface area contributed by atoms with Crippen LogP contribution in [0.3, 0.4) is 0 Å². The molecule has 0 aliphatic carbocycles. The van der Waals surface area contributed by atoms with Gasteiger partial charge in [0.05, 0.1) is 5.75 Å². The molecule has 0 saturated carbocycles. The molecule has 66 valence electrons. The van der Waals surface area contributed by atoms with Crippen molar-refractivity contribution in [2.45, 2.75) is 12.2 Å². The SMILES string of the molecule is CC(CN)SCC(=O)N(C)C. The van der Waals surface area contributed by atoms with Crippen LogP contribution in [0.2, 0.25) is 0 Å². The molecular weight excluding hydrogens is 160 g/mol. The van der Waals surface area contributed by atoms with Crippen molar-refractivity contribution in [1.82, 2.24) is 4.90 Å². The van der Waals surface area contributed by atoms with Gasteiger partial charge in [0, 0.05) is 25.9 Å². The summed E-state index contributed by atoms with van der Waals surface area (Å²) in [5, 5.41) is 0.374. The standard InChI is InChI=1S/C7H16N2OS/c1-6(4-8)11-5-7(10)9(2)3/h6H,4-5,8H2,1-3H3. The zero-order valence-electron chi connectivity index (χ0n) is 7.33. The van der Waals surface area contributed by atoms with Gasteiger partial charge in [-0.25, -0.2) is 0 Å². The summed E-state index contributed by atoms with van der Waals surface area (Å²) in [7, 11) is 3.52. The van der Waals surface area contributed by atoms with E-state index in [4.69, 9.17) is 5.73 Å². The van der Waals surface area contributed by atoms with Crippen LogP contribution in [0.25, 0.3) is 0 Å². The third-order valence-corrected chi connectivity index (χ3v) is 2.50. The maximum Gasteiger partial charge on any atom is 0.232 e. The van der Waals surface area contributed by atoms with E-state index in [-0.39, 0.29) is 5.91 Å². The van der Waals surface area contributed by atoms with Crippen molar-refractivity contribution < 1.29 is 4.79 Å². The Morgan fingerprint density at radius 1 is 1.64 bits per heavy atom. The summed E-state index contributed by atoms with van der Waals surface area (Å²) >= 11 is 1.60. The quantitative estimate of drug-likeness (QED) is 0.663. The van der Waals surface area contributed by atoms with Gasteiger partial charge in [-0.15, -0.1) is 11.8 Å². The smallest absolute Gasteiger partial charge is 0.232 e. The molecule has 0 radical (unpaired) electrons. The largest absolute Gasteiger partial charge is 0.348 e. The lowest BCUT2D eigenvalue weighted by molar-refractivity contribution is -0.125. The van der Waals surface area contributed by atoms with Crippen LogP contribution < -0.4 is 5.73 Å². The van der Waals surface area contributed by atoms with E-state index < -0.39 is 0 Å². The third-order valence-electron chi connectivity index (χ3n) is 1.32. The molecule has 0 aromatic carbocycles. The number of carbonyl (C=O) groups excluding carboxylic acids is 1. The molecule has 1 atom stereocenters. The number of hydrogen-bond acceptors (Lipinski definition) is 3. The van der Waals surface area contributed by atoms with E-state index in [0.717, 1.165) is 0 Å². The topological polar surface area (TPSA) is 46.3 Å². The van der Waals surface area contributed by atoms with Crippen LogP contribution in [-0.2, 0) is 4.79 Å². The van der Waals surface area contributed by atoms with Crippen LogP contribution in [0.4, 0.5) is 0 Å². The minimum absolute atomic E-state index is 0.148. The molecular formula is C7H16N2OS. The van der Waals surface area contributed by atoms with Crippen molar-refractivity contribution in [3.05, 3.63) is 0 Å². The number of hydrogen-bond donors (Lipinski definition) is 1. The van der Waals surface area contributed by atoms with Gasteiger partial charge in [0.25, 0.3) is 0 Å². The van der Waals surface area contributed by atoms with Gasteiger partial charge in [0.1, 0.15) is 0 Å². The average molecular weight is 176 g/mol. The number of thioether (sulfide) groups is 1. The average Bonchev–Trinajstić information content (AvgIpc) is 1.99. The molecule has 0 aliphatic heterocycles. The fourth-order valence-corrected chi connectivity index (χ4v) is 1.23. The van der Waals surface area contributed by atoms with Gasteiger partial charge < -0.3 is 10.6 Å². The van der Waals surface area contributed by atoms with Crippen molar-refractivity contribution >= 4 is 17.7 Å². The van der Waals surface area contributed by atoms with Gasteiger partial charge in [-0.2, -0.15) is 0 Å². The summed E-state index contributed by atoms with van der Waals surface area (Å²) < 4.78 is 0. The molecule has 0 spiro atoms. The summed E-state index contributed by atoms with van der Waals surface area (Å²) in [5.74, 6) is 0.682. The lowest BCUT2D eigenvalue weighted by Crippen LogP contribution is -2.25. The Balaban J connectivity index is 3.46. The summed E-state index contributed by atoms with van der Waals surface area (Å²) in [6.45, 7) is 2.65. The minimum Gasteiger partial charge on any atom is -0.348 e. The molecule has 0 aromatic heterocycles. The molecule has 11 heavy (non-hydrogen) atoms. The van der Waals surface area contributed by atoms with Gasteiger partial charge in [-0.3, -0.25) is 4.79 Å². The molecule has 0 rings (SSSR count). The molecule has 1 amide bonds. The molecule has 0 bridgehead atoms. The molecule has 2 N–H and O–H groups in total. The van der Waals surface area contributed by atoms with Crippen LogP contribution in [0.5, 0.6) is 0 Å². The summed E-state index contributed by atoms with van der Waals surface area (Å²) in [6, 6.07) is 0. The van der Waals surface area contributed by atoms with Crippen LogP contribution in [0.1, 0.15) is 6.92 Å². The van der Waals surface area contributed by atoms with Crippen LogP contribution in [0.15, 0.2) is 0 Å². The van der Waals surface area contributed by atoms with Crippen molar-refractivity contribution in [3.63, 3.8) is 0 Å². The monoisotopic (exact) mass is 176 g/mol. The molecule has 0 aromatic rings. The lowest BCUT2D eigenvalue weighted by Gasteiger charge is -2.11. The Labute approximate surface area is 72.3 Å². The number of nitrogens with two attached hydrogens (primary N) is 1. The molecule has 1 unspecified atom stereocenters. The molecule has 3 nitrogen and oxygen atoms in total. The Kier molecular flexibility index (Phi) is 5.32. The molecule has 0 saturated heterocycles. The first-order valence-electron chi connectivity index (χ1n) is 3.59. The van der Waals surface area contributed by atoms with Gasteiger partial charge in [-0.1, -0.05) is 6.92 Å². The van der Waals surface area contributed by atoms with Gasteiger partial charge in [0.15, 0.2) is 0 Å². The Morgan fingerprint density at radius 2 is 2.18 bits per heavy atom. The zero-order chi connectivity index (χ0) is 8.85. The first kappa shape index (κ1) is 10.8. The van der Waals surface area contributed by atoms with Gasteiger partial charge >= 0.3 is 0 Å². The van der Waals surface area contributed by atoms with Gasteiger partial charge in [0.2, 0.25) is 5.91 Å². The molecule has 0 heterocycles. The van der Waals surface area contributed by atoms with Crippen molar-refractivity contribution in [3.8, 4) is 0 Å². The first-order valence-corrected chi connectivity index (χ1v) is 4.64. The highest BCUT2D eigenvalue weighted by atomic mass is 32.2. The highest BCUT2D eigenvalue weighted by Crippen LogP contribution is 2.08.